The van der Waals surface area contributed by atoms with Gasteiger partial charge >= 0.3 is 5.97 Å². The summed E-state index contributed by atoms with van der Waals surface area (Å²) in [6, 6.07) is 0. The molecule has 0 rings (SSSR count). The van der Waals surface area contributed by atoms with Gasteiger partial charge in [0.2, 0.25) is 0 Å². The second-order valence-electron chi connectivity index (χ2n) is 3.70. The number of likely N-dealkylation sites (N-methyl/N-ethyl adjacent to an activating group) is 1. The monoisotopic (exact) mass is 216 g/mol. The van der Waals surface area contributed by atoms with Gasteiger partial charge in [-0.3, -0.25) is 10.2 Å². The van der Waals surface area contributed by atoms with Gasteiger partial charge < -0.3 is 15.4 Å². The van der Waals surface area contributed by atoms with Crippen molar-refractivity contribution in [2.75, 3.05) is 13.5 Å². The standard InChI is InChI=1S/C10H19N3O2/c1-5-6-10(2,3)15-8(14)7-13(4)9(11)12/h5H,1,6-7H2,2-4H3,(H3,11,12)/i4D3. The van der Waals surface area contributed by atoms with E-state index in [2.05, 4.69) is 6.58 Å². The number of nitrogens with zero attached hydrogens (tertiary/aromatic N) is 1. The van der Waals surface area contributed by atoms with Crippen LogP contribution >= 0.6 is 0 Å². The largest absolute Gasteiger partial charge is 0.458 e. The second-order valence-corrected chi connectivity index (χ2v) is 3.70. The van der Waals surface area contributed by atoms with E-state index in [0.29, 0.717) is 11.3 Å². The summed E-state index contributed by atoms with van der Waals surface area (Å²) in [6.07, 6.45) is 2.03. The molecule has 0 spiro atoms. The van der Waals surface area contributed by atoms with Gasteiger partial charge in [-0.2, -0.15) is 0 Å². The molecule has 15 heavy (non-hydrogen) atoms. The minimum Gasteiger partial charge on any atom is -0.458 e. The highest BCUT2D eigenvalue weighted by atomic mass is 16.6. The molecule has 0 aliphatic rings. The van der Waals surface area contributed by atoms with E-state index in [1.54, 1.807) is 19.9 Å². The first kappa shape index (κ1) is 8.76. The van der Waals surface area contributed by atoms with E-state index in [1.807, 2.05) is 0 Å². The lowest BCUT2D eigenvalue weighted by molar-refractivity contribution is -0.156. The van der Waals surface area contributed by atoms with Gasteiger partial charge in [-0.05, 0) is 13.8 Å². The Morgan fingerprint density at radius 3 is 2.80 bits per heavy atom. The van der Waals surface area contributed by atoms with Crippen LogP contribution in [-0.4, -0.2) is 36.0 Å². The molecule has 5 nitrogen and oxygen atoms in total. The van der Waals surface area contributed by atoms with Gasteiger partial charge in [0.05, 0.1) is 0 Å². The number of nitrogens with one attached hydrogen (secondary N) is 1. The van der Waals surface area contributed by atoms with E-state index in [4.69, 9.17) is 20.0 Å². The Morgan fingerprint density at radius 2 is 2.40 bits per heavy atom. The Bertz CT molecular complexity index is 340. The maximum absolute atomic E-state index is 11.6. The summed E-state index contributed by atoms with van der Waals surface area (Å²) in [5.41, 5.74) is 4.35. The van der Waals surface area contributed by atoms with E-state index in [-0.39, 0.29) is 0 Å². The number of guanidine groups is 1. The van der Waals surface area contributed by atoms with Gasteiger partial charge in [0, 0.05) is 17.5 Å². The first-order chi connectivity index (χ1) is 7.99. The van der Waals surface area contributed by atoms with E-state index in [1.165, 1.54) is 0 Å². The van der Waals surface area contributed by atoms with Crippen molar-refractivity contribution in [2.24, 2.45) is 5.73 Å². The van der Waals surface area contributed by atoms with Crippen molar-refractivity contribution in [3.63, 3.8) is 0 Å². The van der Waals surface area contributed by atoms with Crippen molar-refractivity contribution in [1.82, 2.24) is 4.90 Å². The van der Waals surface area contributed by atoms with Gasteiger partial charge in [-0.15, -0.1) is 6.58 Å². The van der Waals surface area contributed by atoms with E-state index in [9.17, 15) is 4.79 Å². The molecule has 0 aromatic carbocycles. The topological polar surface area (TPSA) is 79.4 Å². The van der Waals surface area contributed by atoms with Crippen LogP contribution in [-0.2, 0) is 9.53 Å². The number of carbonyl (C=O) groups excluding carboxylic acids is 1. The lowest BCUT2D eigenvalue weighted by atomic mass is 10.1. The van der Waals surface area contributed by atoms with Crippen LogP contribution in [0.1, 0.15) is 24.4 Å². The van der Waals surface area contributed by atoms with Gasteiger partial charge in [0.1, 0.15) is 12.1 Å². The molecule has 3 N–H and O–H groups in total. The van der Waals surface area contributed by atoms with Crippen LogP contribution in [0.5, 0.6) is 0 Å². The molecule has 0 aromatic heterocycles. The first-order valence-electron chi connectivity index (χ1n) is 5.94. The fraction of sp³-hybridized carbons (Fsp3) is 0.600. The van der Waals surface area contributed by atoms with Gasteiger partial charge in [0.15, 0.2) is 5.96 Å². The van der Waals surface area contributed by atoms with Crippen LogP contribution in [0, 0.1) is 5.41 Å². The predicted octanol–water partition coefficient (Wildman–Crippen LogP) is 0.710. The Hall–Kier alpha value is -1.52. The summed E-state index contributed by atoms with van der Waals surface area (Å²) in [4.78, 5) is 12.1. The zero-order valence-electron chi connectivity index (χ0n) is 12.0. The summed E-state index contributed by atoms with van der Waals surface area (Å²) in [5, 5.41) is 7.13. The molecule has 0 atom stereocenters. The highest BCUT2D eigenvalue weighted by Gasteiger charge is 2.21. The first-order valence-corrected chi connectivity index (χ1v) is 4.44. The van der Waals surface area contributed by atoms with E-state index < -0.39 is 31.1 Å². The van der Waals surface area contributed by atoms with Crippen molar-refractivity contribution >= 4 is 11.9 Å². The average molecular weight is 216 g/mol. The third-order valence-electron chi connectivity index (χ3n) is 1.60. The molecular formula is C10H19N3O2. The third kappa shape index (κ3) is 5.72. The molecule has 0 aliphatic carbocycles. The van der Waals surface area contributed by atoms with E-state index >= 15 is 0 Å². The average Bonchev–Trinajstić information content (AvgIpc) is 2.10. The number of nitrogens with two attached hydrogens (primary N) is 1. The van der Waals surface area contributed by atoms with Crippen molar-refractivity contribution in [3.05, 3.63) is 12.7 Å². The second kappa shape index (κ2) is 5.38. The Kier molecular flexibility index (Phi) is 3.14. The lowest BCUT2D eigenvalue weighted by Gasteiger charge is -2.25. The minimum absolute atomic E-state index is 0.437. The third-order valence-corrected chi connectivity index (χ3v) is 1.60. The summed E-state index contributed by atoms with van der Waals surface area (Å²) in [6.45, 7) is 3.66. The summed E-state index contributed by atoms with van der Waals surface area (Å²) in [7, 11) is 0. The van der Waals surface area contributed by atoms with Crippen LogP contribution < -0.4 is 5.73 Å². The molecule has 0 unspecified atom stereocenters. The molecule has 0 aromatic rings. The van der Waals surface area contributed by atoms with Gasteiger partial charge in [0.25, 0.3) is 0 Å². The summed E-state index contributed by atoms with van der Waals surface area (Å²) >= 11 is 0. The molecule has 0 saturated carbocycles. The highest BCUT2D eigenvalue weighted by Crippen LogP contribution is 2.14. The predicted molar refractivity (Wildman–Crippen MR) is 59.5 cm³/mol. The normalized spacial score (nSPS) is 14.4. The Labute approximate surface area is 94.6 Å². The molecule has 5 heteroatoms. The number of hydrogen-bond acceptors (Lipinski definition) is 3. The number of carbonyl (C=O) groups is 1. The molecule has 0 fully saturated rings. The quantitative estimate of drug-likeness (QED) is 0.307. The highest BCUT2D eigenvalue weighted by molar-refractivity contribution is 5.81. The van der Waals surface area contributed by atoms with Crippen LogP contribution in [0.15, 0.2) is 12.7 Å². The zero-order valence-corrected chi connectivity index (χ0v) is 9.04. The molecule has 0 radical (unpaired) electrons. The van der Waals surface area contributed by atoms with Crippen LogP contribution in [0.3, 0.4) is 0 Å². The van der Waals surface area contributed by atoms with Crippen LogP contribution in [0.2, 0.25) is 0 Å². The van der Waals surface area contributed by atoms with Gasteiger partial charge in [-0.25, -0.2) is 0 Å². The van der Waals surface area contributed by atoms with Crippen molar-refractivity contribution in [2.45, 2.75) is 25.9 Å². The van der Waals surface area contributed by atoms with Crippen molar-refractivity contribution in [3.8, 4) is 0 Å². The zero-order chi connectivity index (χ0) is 14.6. The van der Waals surface area contributed by atoms with Gasteiger partial charge in [-0.1, -0.05) is 6.08 Å². The summed E-state index contributed by atoms with van der Waals surface area (Å²) < 4.78 is 26.5. The van der Waals surface area contributed by atoms with Crippen LogP contribution in [0.4, 0.5) is 0 Å². The maximum atomic E-state index is 11.6. The Morgan fingerprint density at radius 1 is 1.80 bits per heavy atom. The fourth-order valence-electron chi connectivity index (χ4n) is 0.944. The number of hydrogen-bond donors (Lipinski definition) is 2. The fourth-order valence-corrected chi connectivity index (χ4v) is 0.944. The van der Waals surface area contributed by atoms with E-state index in [0.717, 1.165) is 0 Å². The van der Waals surface area contributed by atoms with Crippen LogP contribution in [0.25, 0.3) is 0 Å². The SMILES string of the molecule is [2H]C([2H])([2H])N(CC(=O)OC(C)(C)CC=C)C(=N)N. The molecule has 0 amide bonds. The molecule has 0 heterocycles. The molecule has 0 saturated heterocycles. The molecule has 0 bridgehead atoms. The number of ether oxygens (including phenoxy) is 1. The maximum Gasteiger partial charge on any atom is 0.326 e. The van der Waals surface area contributed by atoms with Crippen molar-refractivity contribution in [1.29, 1.82) is 5.41 Å². The lowest BCUT2D eigenvalue weighted by Crippen LogP contribution is -2.39. The molecule has 0 aliphatic heterocycles. The Balaban J connectivity index is 4.64. The molecular weight excluding hydrogens is 194 g/mol. The summed E-state index contributed by atoms with van der Waals surface area (Å²) in [5.74, 6) is -1.46. The number of esters is 1. The minimum atomic E-state index is -2.65. The molecule has 86 valence electrons. The smallest absolute Gasteiger partial charge is 0.326 e. The number of rotatable bonds is 5. The van der Waals surface area contributed by atoms with Crippen molar-refractivity contribution < 1.29 is 13.6 Å².